The van der Waals surface area contributed by atoms with Gasteiger partial charge in [0.15, 0.2) is 0 Å². The molecular weight excluding hydrogens is 236 g/mol. The van der Waals surface area contributed by atoms with E-state index in [0.717, 1.165) is 36.6 Å². The summed E-state index contributed by atoms with van der Waals surface area (Å²) in [5, 5.41) is 9.36. The average molecular weight is 264 g/mol. The lowest BCUT2D eigenvalue weighted by molar-refractivity contribution is 0.281. The first kappa shape index (κ1) is 16.0. The van der Waals surface area contributed by atoms with Crippen LogP contribution in [-0.2, 0) is 13.0 Å². The summed E-state index contributed by atoms with van der Waals surface area (Å²) in [6.45, 7) is 10.9. The first-order valence-corrected chi connectivity index (χ1v) is 7.53. The zero-order valence-electron chi connectivity index (χ0n) is 12.8. The number of aliphatic hydroxyl groups excluding tert-OH is 1. The molecule has 1 aromatic heterocycles. The molecule has 1 heterocycles. The Bertz CT molecular complexity index is 353. The Morgan fingerprint density at radius 1 is 1.16 bits per heavy atom. The van der Waals surface area contributed by atoms with Crippen LogP contribution in [-0.4, -0.2) is 23.2 Å². The lowest BCUT2D eigenvalue weighted by atomic mass is 10.0. The highest BCUT2D eigenvalue weighted by molar-refractivity contribution is 5.42. The Hall–Kier alpha value is -1.09. The maximum atomic E-state index is 9.36. The Kier molecular flexibility index (Phi) is 6.85. The first-order chi connectivity index (χ1) is 9.18. The van der Waals surface area contributed by atoms with E-state index < -0.39 is 0 Å². The zero-order chi connectivity index (χ0) is 14.3. The van der Waals surface area contributed by atoms with Crippen molar-refractivity contribution in [2.45, 2.75) is 53.6 Å². The van der Waals surface area contributed by atoms with Crippen molar-refractivity contribution in [2.75, 3.05) is 18.0 Å². The second-order valence-electron chi connectivity index (χ2n) is 5.06. The Morgan fingerprint density at radius 3 is 2.32 bits per heavy atom. The summed E-state index contributed by atoms with van der Waals surface area (Å²) < 4.78 is 0. The van der Waals surface area contributed by atoms with Gasteiger partial charge in [-0.25, -0.2) is 4.98 Å². The monoisotopic (exact) mass is 264 g/mol. The van der Waals surface area contributed by atoms with E-state index in [1.54, 1.807) is 0 Å². The largest absolute Gasteiger partial charge is 0.392 e. The Balaban J connectivity index is 2.96. The highest BCUT2D eigenvalue weighted by Gasteiger charge is 2.13. The quantitative estimate of drug-likeness (QED) is 0.782. The molecule has 0 radical (unpaired) electrons. The summed E-state index contributed by atoms with van der Waals surface area (Å²) >= 11 is 0. The van der Waals surface area contributed by atoms with Crippen LogP contribution in [0.4, 0.5) is 5.82 Å². The number of hydrogen-bond acceptors (Lipinski definition) is 3. The summed E-state index contributed by atoms with van der Waals surface area (Å²) in [5.41, 5.74) is 2.02. The highest BCUT2D eigenvalue weighted by Crippen LogP contribution is 2.19. The summed E-state index contributed by atoms with van der Waals surface area (Å²) in [6.07, 6.45) is 3.31. The van der Waals surface area contributed by atoms with Gasteiger partial charge in [-0.2, -0.15) is 0 Å². The molecule has 0 aliphatic heterocycles. The molecule has 0 saturated heterocycles. The van der Waals surface area contributed by atoms with Gasteiger partial charge in [-0.15, -0.1) is 0 Å². The van der Waals surface area contributed by atoms with Gasteiger partial charge in [0.2, 0.25) is 0 Å². The van der Waals surface area contributed by atoms with E-state index in [2.05, 4.69) is 32.6 Å². The number of anilines is 1. The molecule has 108 valence electrons. The highest BCUT2D eigenvalue weighted by atomic mass is 16.3. The molecule has 0 atom stereocenters. The Morgan fingerprint density at radius 2 is 1.84 bits per heavy atom. The summed E-state index contributed by atoms with van der Waals surface area (Å²) in [5.74, 6) is 1.72. The fraction of sp³-hybridized carbons (Fsp3) is 0.688. The second-order valence-corrected chi connectivity index (χ2v) is 5.06. The van der Waals surface area contributed by atoms with Crippen LogP contribution in [0.5, 0.6) is 0 Å². The number of nitrogens with zero attached hydrogens (tertiary/aromatic N) is 2. The molecule has 0 aliphatic rings. The van der Waals surface area contributed by atoms with Gasteiger partial charge in [0.25, 0.3) is 0 Å². The van der Waals surface area contributed by atoms with Gasteiger partial charge in [0.05, 0.1) is 6.61 Å². The minimum absolute atomic E-state index is 0.0884. The molecule has 3 heteroatoms. The van der Waals surface area contributed by atoms with Gasteiger partial charge >= 0.3 is 0 Å². The minimum Gasteiger partial charge on any atom is -0.392 e. The molecule has 0 fully saturated rings. The van der Waals surface area contributed by atoms with Gasteiger partial charge in [-0.05, 0) is 37.0 Å². The molecule has 3 nitrogen and oxygen atoms in total. The molecule has 1 N–H and O–H groups in total. The van der Waals surface area contributed by atoms with Gasteiger partial charge in [-0.3, -0.25) is 0 Å². The summed E-state index contributed by atoms with van der Waals surface area (Å²) in [4.78, 5) is 7.04. The third-order valence-electron chi connectivity index (χ3n) is 3.81. The number of rotatable bonds is 8. The number of hydrogen-bond donors (Lipinski definition) is 1. The number of pyridine rings is 1. The van der Waals surface area contributed by atoms with Crippen LogP contribution in [0, 0.1) is 5.92 Å². The van der Waals surface area contributed by atoms with Gasteiger partial charge in [0, 0.05) is 18.8 Å². The van der Waals surface area contributed by atoms with Crippen LogP contribution < -0.4 is 4.90 Å². The molecule has 0 amide bonds. The van der Waals surface area contributed by atoms with Crippen molar-refractivity contribution in [1.82, 2.24) is 4.98 Å². The zero-order valence-corrected chi connectivity index (χ0v) is 12.8. The van der Waals surface area contributed by atoms with Gasteiger partial charge < -0.3 is 10.0 Å². The minimum atomic E-state index is 0.0884. The fourth-order valence-electron chi connectivity index (χ4n) is 2.31. The van der Waals surface area contributed by atoms with Crippen molar-refractivity contribution in [3.63, 3.8) is 0 Å². The van der Waals surface area contributed by atoms with Crippen molar-refractivity contribution in [3.8, 4) is 0 Å². The van der Waals surface area contributed by atoms with Crippen LogP contribution >= 0.6 is 0 Å². The van der Waals surface area contributed by atoms with Crippen LogP contribution in [0.1, 0.15) is 51.8 Å². The molecule has 0 spiro atoms. The maximum Gasteiger partial charge on any atom is 0.129 e. The molecule has 0 saturated carbocycles. The third kappa shape index (κ3) is 4.50. The van der Waals surface area contributed by atoms with Crippen molar-refractivity contribution < 1.29 is 5.11 Å². The maximum absolute atomic E-state index is 9.36. The predicted molar refractivity (Wildman–Crippen MR) is 81.5 cm³/mol. The summed E-state index contributed by atoms with van der Waals surface area (Å²) in [7, 11) is 0. The van der Waals surface area contributed by atoms with Gasteiger partial charge in [0.1, 0.15) is 5.82 Å². The molecular formula is C16H28N2O. The van der Waals surface area contributed by atoms with Gasteiger partial charge in [-0.1, -0.05) is 33.6 Å². The molecule has 0 aromatic carbocycles. The fourth-order valence-corrected chi connectivity index (χ4v) is 2.31. The standard InChI is InChI=1S/C16H28N2O/c1-5-13(6-2)11-18(8-4)16-10-14(12-19)9-15(7-3)17-16/h9-10,13,19H,5-8,11-12H2,1-4H3. The predicted octanol–water partition coefficient (Wildman–Crippen LogP) is 3.40. The van der Waals surface area contributed by atoms with Crippen molar-refractivity contribution in [3.05, 3.63) is 23.4 Å². The van der Waals surface area contributed by atoms with E-state index in [9.17, 15) is 5.11 Å². The van der Waals surface area contributed by atoms with Crippen molar-refractivity contribution in [1.29, 1.82) is 0 Å². The van der Waals surface area contributed by atoms with E-state index >= 15 is 0 Å². The molecule has 0 bridgehead atoms. The molecule has 0 unspecified atom stereocenters. The lowest BCUT2D eigenvalue weighted by Gasteiger charge is -2.27. The van der Waals surface area contributed by atoms with E-state index in [4.69, 9.17) is 4.98 Å². The van der Waals surface area contributed by atoms with Crippen molar-refractivity contribution >= 4 is 5.82 Å². The molecule has 1 rings (SSSR count). The topological polar surface area (TPSA) is 36.4 Å². The van der Waals surface area contributed by atoms with E-state index in [1.807, 2.05) is 12.1 Å². The van der Waals surface area contributed by atoms with E-state index in [-0.39, 0.29) is 6.61 Å². The van der Waals surface area contributed by atoms with Crippen molar-refractivity contribution in [2.24, 2.45) is 5.92 Å². The van der Waals surface area contributed by atoms with E-state index in [0.29, 0.717) is 5.92 Å². The van der Waals surface area contributed by atoms with Crippen LogP contribution in [0.2, 0.25) is 0 Å². The number of aryl methyl sites for hydroxylation is 1. The first-order valence-electron chi connectivity index (χ1n) is 7.53. The molecule has 1 aromatic rings. The van der Waals surface area contributed by atoms with Crippen LogP contribution in [0.3, 0.4) is 0 Å². The SMILES string of the molecule is CCc1cc(CO)cc(N(CC)CC(CC)CC)n1. The van der Waals surface area contributed by atoms with Crippen LogP contribution in [0.15, 0.2) is 12.1 Å². The summed E-state index contributed by atoms with van der Waals surface area (Å²) in [6, 6.07) is 4.01. The van der Waals surface area contributed by atoms with E-state index in [1.165, 1.54) is 12.8 Å². The number of aliphatic hydroxyl groups is 1. The molecule has 0 aliphatic carbocycles. The Labute approximate surface area is 117 Å². The second kappa shape index (κ2) is 8.16. The number of aromatic nitrogens is 1. The smallest absolute Gasteiger partial charge is 0.129 e. The van der Waals surface area contributed by atoms with Crippen LogP contribution in [0.25, 0.3) is 0 Å². The lowest BCUT2D eigenvalue weighted by Crippen LogP contribution is -2.30. The molecule has 19 heavy (non-hydrogen) atoms. The average Bonchev–Trinajstić information content (AvgIpc) is 2.48. The normalized spacial score (nSPS) is 11.1. The third-order valence-corrected chi connectivity index (χ3v) is 3.81.